The number of pyridine rings is 1. The fourth-order valence-corrected chi connectivity index (χ4v) is 4.84. The van der Waals surface area contributed by atoms with Gasteiger partial charge in [-0.05, 0) is 69.7 Å². The number of aromatic nitrogens is 3. The number of piperidine rings is 1. The lowest BCUT2D eigenvalue weighted by Gasteiger charge is -2.37. The molecule has 2 aromatic heterocycles. The molecule has 0 amide bonds. The summed E-state index contributed by atoms with van der Waals surface area (Å²) in [5, 5.41) is 8.82. The van der Waals surface area contributed by atoms with Crippen LogP contribution in [0.2, 0.25) is 0 Å². The maximum atomic E-state index is 14.6. The van der Waals surface area contributed by atoms with Crippen molar-refractivity contribution >= 4 is 22.4 Å². The zero-order chi connectivity index (χ0) is 21.0. The molecule has 0 unspecified atom stereocenters. The van der Waals surface area contributed by atoms with Gasteiger partial charge in [-0.1, -0.05) is 6.58 Å². The Bertz CT molecular complexity index is 1160. The van der Waals surface area contributed by atoms with Crippen molar-refractivity contribution in [2.24, 2.45) is 0 Å². The fourth-order valence-electron chi connectivity index (χ4n) is 4.84. The number of halogens is 1. The Kier molecular flexibility index (Phi) is 4.34. The van der Waals surface area contributed by atoms with Crippen LogP contribution >= 0.6 is 0 Å². The minimum atomic E-state index is -0.258. The van der Waals surface area contributed by atoms with Gasteiger partial charge in [-0.15, -0.1) is 0 Å². The Balaban J connectivity index is 1.60. The van der Waals surface area contributed by atoms with Gasteiger partial charge in [-0.2, -0.15) is 5.10 Å². The quantitative estimate of drug-likeness (QED) is 0.671. The number of anilines is 1. The van der Waals surface area contributed by atoms with E-state index in [-0.39, 0.29) is 5.82 Å². The molecule has 1 saturated heterocycles. The number of hydrogen-bond donors (Lipinski definition) is 1. The van der Waals surface area contributed by atoms with Crippen LogP contribution in [0.1, 0.15) is 48.9 Å². The van der Waals surface area contributed by atoms with Gasteiger partial charge in [0.1, 0.15) is 11.6 Å². The van der Waals surface area contributed by atoms with Crippen LogP contribution in [0.4, 0.5) is 10.2 Å². The number of nitrogens with zero attached hydrogens (tertiary/aromatic N) is 4. The van der Waals surface area contributed by atoms with Crippen molar-refractivity contribution in [1.82, 2.24) is 20.1 Å². The number of hydrogen-bond acceptors (Lipinski definition) is 4. The monoisotopic (exact) mass is 405 g/mol. The molecule has 5 nitrogen and oxygen atoms in total. The van der Waals surface area contributed by atoms with Crippen molar-refractivity contribution < 1.29 is 4.39 Å². The minimum Gasteiger partial charge on any atom is -0.388 e. The summed E-state index contributed by atoms with van der Waals surface area (Å²) in [7, 11) is 1.75. The lowest BCUT2D eigenvalue weighted by atomic mass is 10.00. The fraction of sp³-hybridized carbons (Fsp3) is 0.417. The van der Waals surface area contributed by atoms with Gasteiger partial charge in [-0.3, -0.25) is 0 Å². The molecule has 1 aliphatic heterocycles. The van der Waals surface area contributed by atoms with E-state index in [4.69, 9.17) is 10.1 Å². The third-order valence-electron chi connectivity index (χ3n) is 6.80. The lowest BCUT2D eigenvalue weighted by molar-refractivity contribution is 0.442. The predicted octanol–water partition coefficient (Wildman–Crippen LogP) is 4.89. The van der Waals surface area contributed by atoms with E-state index >= 15 is 0 Å². The molecule has 0 atom stereocenters. The molecular formula is C24H28FN5. The molecule has 1 N–H and O–H groups in total. The Morgan fingerprint density at radius 1 is 1.17 bits per heavy atom. The van der Waals surface area contributed by atoms with Crippen LogP contribution in [0.15, 0.2) is 31.0 Å². The highest BCUT2D eigenvalue weighted by molar-refractivity contribution is 5.85. The SMILES string of the molecule is C=C(NC)c1cc(-n2nc(C)c3cc(N4CCCCC45CC5)ncc32)cc(C)c1F. The van der Waals surface area contributed by atoms with E-state index in [0.717, 1.165) is 34.6 Å². The van der Waals surface area contributed by atoms with Gasteiger partial charge < -0.3 is 10.2 Å². The van der Waals surface area contributed by atoms with Gasteiger partial charge in [-0.25, -0.2) is 14.1 Å². The van der Waals surface area contributed by atoms with Crippen LogP contribution < -0.4 is 10.2 Å². The summed E-state index contributed by atoms with van der Waals surface area (Å²) in [4.78, 5) is 7.36. The second-order valence-corrected chi connectivity index (χ2v) is 8.74. The first-order chi connectivity index (χ1) is 14.4. The van der Waals surface area contributed by atoms with Crippen molar-refractivity contribution in [2.75, 3.05) is 18.5 Å². The molecule has 6 heteroatoms. The largest absolute Gasteiger partial charge is 0.388 e. The number of fused-ring (bicyclic) bond motifs is 1. The molecular weight excluding hydrogens is 377 g/mol. The van der Waals surface area contributed by atoms with Gasteiger partial charge in [0.2, 0.25) is 0 Å². The van der Waals surface area contributed by atoms with Crippen molar-refractivity contribution in [3.05, 3.63) is 53.6 Å². The minimum absolute atomic E-state index is 0.258. The summed E-state index contributed by atoms with van der Waals surface area (Å²) >= 11 is 0. The number of benzene rings is 1. The highest BCUT2D eigenvalue weighted by Crippen LogP contribution is 2.50. The summed E-state index contributed by atoms with van der Waals surface area (Å²) in [6.07, 6.45) is 8.29. The number of rotatable bonds is 4. The van der Waals surface area contributed by atoms with Crippen LogP contribution in [0.3, 0.4) is 0 Å². The van der Waals surface area contributed by atoms with Gasteiger partial charge in [0.25, 0.3) is 0 Å². The third kappa shape index (κ3) is 2.89. The van der Waals surface area contributed by atoms with Gasteiger partial charge >= 0.3 is 0 Å². The molecule has 2 aliphatic rings. The van der Waals surface area contributed by atoms with Gasteiger partial charge in [0.15, 0.2) is 0 Å². The number of nitrogens with one attached hydrogen (secondary N) is 1. The van der Waals surface area contributed by atoms with Gasteiger partial charge in [0, 0.05) is 35.8 Å². The van der Waals surface area contributed by atoms with E-state index < -0.39 is 0 Å². The topological polar surface area (TPSA) is 46.0 Å². The first kappa shape index (κ1) is 19.1. The summed E-state index contributed by atoms with van der Waals surface area (Å²) in [5.74, 6) is 0.799. The third-order valence-corrected chi connectivity index (χ3v) is 6.80. The lowest BCUT2D eigenvalue weighted by Crippen LogP contribution is -2.42. The Hall–Kier alpha value is -2.89. The Morgan fingerprint density at radius 2 is 1.97 bits per heavy atom. The maximum absolute atomic E-state index is 14.6. The molecule has 156 valence electrons. The molecule has 0 bridgehead atoms. The Morgan fingerprint density at radius 3 is 2.70 bits per heavy atom. The van der Waals surface area contributed by atoms with Crippen LogP contribution in [0.5, 0.6) is 0 Å². The average molecular weight is 406 g/mol. The zero-order valence-electron chi connectivity index (χ0n) is 17.9. The summed E-state index contributed by atoms with van der Waals surface area (Å²) < 4.78 is 16.5. The molecule has 1 aliphatic carbocycles. The molecule has 5 rings (SSSR count). The second kappa shape index (κ2) is 6.83. The first-order valence-electron chi connectivity index (χ1n) is 10.7. The van der Waals surface area contributed by atoms with Crippen molar-refractivity contribution in [2.45, 2.75) is 51.5 Å². The van der Waals surface area contributed by atoms with E-state index in [1.807, 2.05) is 23.9 Å². The van der Waals surface area contributed by atoms with Gasteiger partial charge in [0.05, 0.1) is 23.1 Å². The van der Waals surface area contributed by atoms with Crippen LogP contribution in [0.25, 0.3) is 22.3 Å². The molecule has 0 radical (unpaired) electrons. The molecule has 1 saturated carbocycles. The molecule has 1 aromatic carbocycles. The molecule has 2 fully saturated rings. The van der Waals surface area contributed by atoms with Crippen molar-refractivity contribution in [3.63, 3.8) is 0 Å². The zero-order valence-corrected chi connectivity index (χ0v) is 17.9. The van der Waals surface area contributed by atoms with E-state index in [0.29, 0.717) is 22.4 Å². The van der Waals surface area contributed by atoms with Crippen LogP contribution in [-0.4, -0.2) is 33.9 Å². The highest BCUT2D eigenvalue weighted by Gasteiger charge is 2.49. The smallest absolute Gasteiger partial charge is 0.135 e. The summed E-state index contributed by atoms with van der Waals surface area (Å²) in [5.41, 5.74) is 4.61. The second-order valence-electron chi connectivity index (χ2n) is 8.74. The van der Waals surface area contributed by atoms with Crippen molar-refractivity contribution in [1.29, 1.82) is 0 Å². The van der Waals surface area contributed by atoms with E-state index in [9.17, 15) is 4.39 Å². The van der Waals surface area contributed by atoms with Crippen LogP contribution in [0, 0.1) is 19.7 Å². The van der Waals surface area contributed by atoms with E-state index in [2.05, 4.69) is 22.9 Å². The van der Waals surface area contributed by atoms with Crippen LogP contribution in [-0.2, 0) is 0 Å². The Labute approximate surface area is 176 Å². The average Bonchev–Trinajstić information content (AvgIpc) is 3.44. The standard InChI is InChI=1S/C24H28FN5/c1-15-11-18(12-20(23(15)25)16(2)26-4)30-21-14-27-22(13-19(21)17(3)28-30)29-10-6-5-7-24(29)8-9-24/h11-14,26H,2,5-10H2,1,3-4H3. The summed E-state index contributed by atoms with van der Waals surface area (Å²) in [6, 6.07) is 5.81. The predicted molar refractivity (Wildman–Crippen MR) is 120 cm³/mol. The van der Waals surface area contributed by atoms with E-state index in [1.54, 1.807) is 20.0 Å². The van der Waals surface area contributed by atoms with Crippen molar-refractivity contribution in [3.8, 4) is 5.69 Å². The molecule has 3 heterocycles. The highest BCUT2D eigenvalue weighted by atomic mass is 19.1. The summed E-state index contributed by atoms with van der Waals surface area (Å²) in [6.45, 7) is 8.81. The molecule has 3 aromatic rings. The maximum Gasteiger partial charge on any atom is 0.135 e. The first-order valence-corrected chi connectivity index (χ1v) is 10.7. The molecule has 30 heavy (non-hydrogen) atoms. The molecule has 1 spiro atoms. The number of aryl methyl sites for hydroxylation is 2. The van der Waals surface area contributed by atoms with E-state index in [1.165, 1.54) is 32.1 Å². The normalized spacial score (nSPS) is 17.5.